The zero-order chi connectivity index (χ0) is 63.4. The van der Waals surface area contributed by atoms with Gasteiger partial charge in [-0.25, -0.2) is 132 Å². The molecule has 6 aromatic carbocycles. The summed E-state index contributed by atoms with van der Waals surface area (Å²) in [5.74, 6) is -88.2. The van der Waals surface area contributed by atoms with E-state index in [1.165, 1.54) is 57.8 Å². The third kappa shape index (κ3) is 13.0. The number of aryl methyl sites for hydroxylation is 1. The minimum Gasteiger partial charge on any atom is -0.418 e. The quantitative estimate of drug-likeness (QED) is 0.0262. The van der Waals surface area contributed by atoms with Crippen molar-refractivity contribution in [3.8, 4) is 0 Å². The SMILES string of the molecule is CCCCCCCCCCCc1n[c-]n[nH]1.Fc1c(F)c(F)[c]([Al]([c]2c(F)c(F)c(F)c(F)c2F)[c]2c(F)c(F)c(F)c(F)c2F)c(F)c1F.Fc1c(F)c(F)[c]([Al]([c]2c(F)c(F)c(F)c(F)c2F)[c]2c(F)c(F)c(F)c(F)c2F)c(F)c1F. The molecule has 0 unspecified atom stereocenters. The highest BCUT2D eigenvalue weighted by Gasteiger charge is 2.49. The Hall–Kier alpha value is -6.58. The Kier molecular flexibility index (Phi) is 22.8. The number of hydrogen-bond donors (Lipinski definition) is 1. The highest BCUT2D eigenvalue weighted by atomic mass is 27.2. The fraction of sp³-hybridized carbons (Fsp3) is 0.224. The predicted octanol–water partition coefficient (Wildman–Crippen LogP) is 12.3. The van der Waals surface area contributed by atoms with Crippen LogP contribution in [-0.4, -0.2) is 43.5 Å². The normalized spacial score (nSPS) is 11.3. The van der Waals surface area contributed by atoms with Gasteiger partial charge < -0.3 is 10.1 Å². The third-order valence-corrected chi connectivity index (χ3v) is 18.6. The Balaban J connectivity index is 0.000000246. The van der Waals surface area contributed by atoms with Crippen LogP contribution in [0.4, 0.5) is 132 Å². The fourth-order valence-electron chi connectivity index (χ4n) is 8.03. The zero-order valence-electron chi connectivity index (χ0n) is 41.0. The topological polar surface area (TPSA) is 41.6 Å². The lowest BCUT2D eigenvalue weighted by molar-refractivity contribution is 0.380. The largest absolute Gasteiger partial charge is 0.418 e. The van der Waals surface area contributed by atoms with E-state index in [4.69, 9.17) is 0 Å². The van der Waals surface area contributed by atoms with Gasteiger partial charge in [-0.05, 0) is 38.7 Å². The van der Waals surface area contributed by atoms with E-state index in [9.17, 15) is 132 Å². The second-order valence-corrected chi connectivity index (χ2v) is 22.4. The van der Waals surface area contributed by atoms with Gasteiger partial charge in [-0.1, -0.05) is 71.1 Å². The molecule has 0 aliphatic heterocycles. The highest BCUT2D eigenvalue weighted by Crippen LogP contribution is 2.27. The Bertz CT molecular complexity index is 2920. The molecular weight excluding hydrogens is 1250 g/mol. The van der Waals surface area contributed by atoms with Crippen molar-refractivity contribution in [1.82, 2.24) is 15.2 Å². The van der Waals surface area contributed by atoms with Crippen LogP contribution < -0.4 is 26.6 Å². The summed E-state index contributed by atoms with van der Waals surface area (Å²) in [5, 5.41) is 6.56. The van der Waals surface area contributed by atoms with Crippen LogP contribution in [0.1, 0.15) is 70.5 Å². The Labute approximate surface area is 458 Å². The molecule has 0 bridgehead atoms. The summed E-state index contributed by atoms with van der Waals surface area (Å²) in [7, 11) is 0. The molecule has 452 valence electrons. The lowest BCUT2D eigenvalue weighted by Crippen LogP contribution is -2.60. The van der Waals surface area contributed by atoms with Gasteiger partial charge in [0.1, 0.15) is 0 Å². The van der Waals surface area contributed by atoms with Crippen molar-refractivity contribution in [2.24, 2.45) is 0 Å². The molecule has 1 aromatic heterocycles. The number of hydrogen-bond acceptors (Lipinski definition) is 2. The van der Waals surface area contributed by atoms with Crippen LogP contribution in [0.15, 0.2) is 0 Å². The van der Waals surface area contributed by atoms with Crippen molar-refractivity contribution < 1.29 is 132 Å². The summed E-state index contributed by atoms with van der Waals surface area (Å²) in [4.78, 5) is 3.99. The summed E-state index contributed by atoms with van der Waals surface area (Å²) >= 11 is -11.9. The first-order valence-electron chi connectivity index (χ1n) is 23.1. The fourth-order valence-corrected chi connectivity index (χ4v) is 14.3. The summed E-state index contributed by atoms with van der Waals surface area (Å²) < 4.78 is 403. The van der Waals surface area contributed by atoms with Crippen LogP contribution in [0.25, 0.3) is 0 Å². The molecule has 0 saturated heterocycles. The maximum Gasteiger partial charge on any atom is 0.413 e. The van der Waals surface area contributed by atoms with Crippen molar-refractivity contribution in [2.45, 2.75) is 71.1 Å². The van der Waals surface area contributed by atoms with Crippen molar-refractivity contribution in [1.29, 1.82) is 0 Å². The molecule has 1 N–H and O–H groups in total. The third-order valence-electron chi connectivity index (χ3n) is 12.1. The number of aromatic amines is 1. The van der Waals surface area contributed by atoms with Gasteiger partial charge in [0.05, 0.1) is 0 Å². The number of nitrogens with one attached hydrogen (secondary N) is 1. The van der Waals surface area contributed by atoms with E-state index in [2.05, 4.69) is 28.4 Å². The molecule has 1 heterocycles. The Morgan fingerprint density at radius 3 is 0.583 bits per heavy atom. The van der Waals surface area contributed by atoms with Crippen LogP contribution in [-0.2, 0) is 6.42 Å². The first-order chi connectivity index (χ1) is 39.3. The van der Waals surface area contributed by atoms with Gasteiger partial charge in [0.25, 0.3) is 0 Å². The number of halogens is 30. The first kappa shape index (κ1) is 68.2. The Morgan fingerprint density at radius 1 is 0.250 bits per heavy atom. The lowest BCUT2D eigenvalue weighted by atomic mass is 10.1. The van der Waals surface area contributed by atoms with Gasteiger partial charge in [-0.15, -0.1) is 0 Å². The van der Waals surface area contributed by atoms with Crippen molar-refractivity contribution >= 4 is 54.8 Å². The molecule has 7 aromatic rings. The second kappa shape index (κ2) is 28.1. The number of H-pyrrole nitrogens is 1. The standard InChI is InChI=1S/C13H24N3.6C6F5.2Al/c1-2-3-4-5-6-7-8-9-10-11-13-14-12-15-16-13;6*7-2-1-3(8)5(10)6(11)4(2)9;;/h2-11H2,1H3,(H,14,15,16);;;;;;;;/q-1;;;;;;;;. The van der Waals surface area contributed by atoms with E-state index in [0.29, 0.717) is 0 Å². The van der Waals surface area contributed by atoms with Crippen molar-refractivity contribution in [3.63, 3.8) is 0 Å². The Morgan fingerprint density at radius 2 is 0.417 bits per heavy atom. The van der Waals surface area contributed by atoms with E-state index in [-0.39, 0.29) is 0 Å². The number of nitrogens with zero attached hydrogens (tertiary/aromatic N) is 2. The van der Waals surface area contributed by atoms with E-state index in [1.807, 2.05) is 0 Å². The van der Waals surface area contributed by atoms with Crippen LogP contribution in [0.3, 0.4) is 0 Å². The molecule has 84 heavy (non-hydrogen) atoms. The zero-order valence-corrected chi connectivity index (χ0v) is 43.3. The maximum atomic E-state index is 14.4. The number of benzene rings is 6. The molecule has 0 fully saturated rings. The molecule has 0 aliphatic carbocycles. The number of unbranched alkanes of at least 4 members (excludes halogenated alkanes) is 8. The average molecular weight is 1280 g/mol. The molecule has 0 saturated carbocycles. The summed E-state index contributed by atoms with van der Waals surface area (Å²) in [6.45, 7) is 2.26. The van der Waals surface area contributed by atoms with Crippen LogP contribution in [0.5, 0.6) is 0 Å². The summed E-state index contributed by atoms with van der Waals surface area (Å²) in [6.07, 6.45) is 15.9. The maximum absolute atomic E-state index is 14.4. The lowest BCUT2D eigenvalue weighted by Gasteiger charge is -2.20. The molecular formula is C49H24Al2F30N3-. The molecule has 0 amide bonds. The smallest absolute Gasteiger partial charge is 0.413 e. The molecule has 0 spiro atoms. The van der Waals surface area contributed by atoms with E-state index >= 15 is 0 Å². The average Bonchev–Trinajstić information content (AvgIpc) is 2.35. The van der Waals surface area contributed by atoms with Gasteiger partial charge in [-0.3, -0.25) is 5.10 Å². The highest BCUT2D eigenvalue weighted by molar-refractivity contribution is 6.96. The van der Waals surface area contributed by atoms with E-state index in [1.54, 1.807) is 0 Å². The van der Waals surface area contributed by atoms with Gasteiger partial charge in [-0.2, -0.15) is 0 Å². The summed E-state index contributed by atoms with van der Waals surface area (Å²) in [6, 6.07) is 0. The van der Waals surface area contributed by atoms with Gasteiger partial charge >= 0.3 is 28.3 Å². The van der Waals surface area contributed by atoms with Crippen LogP contribution in [0, 0.1) is 181 Å². The number of aromatic nitrogens is 3. The van der Waals surface area contributed by atoms with Crippen LogP contribution in [0.2, 0.25) is 0 Å². The van der Waals surface area contributed by atoms with Crippen LogP contribution >= 0.6 is 0 Å². The predicted molar refractivity (Wildman–Crippen MR) is 233 cm³/mol. The molecule has 0 aliphatic rings. The van der Waals surface area contributed by atoms with Gasteiger partial charge in [0.2, 0.25) is 0 Å². The van der Waals surface area contributed by atoms with Gasteiger partial charge in [0.15, 0.2) is 175 Å². The first-order valence-corrected chi connectivity index (χ1v) is 26.6. The molecule has 35 heteroatoms. The van der Waals surface area contributed by atoms with E-state index in [0.717, 1.165) is 12.2 Å². The van der Waals surface area contributed by atoms with Gasteiger partial charge in [0, 0.05) is 0 Å². The molecule has 0 radical (unpaired) electrons. The second-order valence-electron chi connectivity index (χ2n) is 17.2. The summed E-state index contributed by atoms with van der Waals surface area (Å²) in [5.41, 5.74) is 0. The monoisotopic (exact) mass is 1280 g/mol. The van der Waals surface area contributed by atoms with Crippen molar-refractivity contribution in [2.75, 3.05) is 0 Å². The van der Waals surface area contributed by atoms with Crippen molar-refractivity contribution in [3.05, 3.63) is 187 Å². The molecule has 0 atom stereocenters. The molecule has 3 nitrogen and oxygen atoms in total. The molecule has 7 rings (SSSR count). The minimum absolute atomic E-state index is 0.975. The number of rotatable bonds is 16. The minimum atomic E-state index is -5.96. The van der Waals surface area contributed by atoms with E-state index < -0.39 is 229 Å².